The van der Waals surface area contributed by atoms with Crippen molar-refractivity contribution >= 4 is 29.9 Å². The Morgan fingerprint density at radius 2 is 1.90 bits per heavy atom. The molecule has 158 valence electrons. The lowest BCUT2D eigenvalue weighted by Gasteiger charge is -2.47. The van der Waals surface area contributed by atoms with Crippen LogP contribution in [0.5, 0.6) is 0 Å². The van der Waals surface area contributed by atoms with Gasteiger partial charge in [-0.2, -0.15) is 0 Å². The zero-order valence-electron chi connectivity index (χ0n) is 17.4. The van der Waals surface area contributed by atoms with Gasteiger partial charge in [-0.1, -0.05) is 36.8 Å². The number of nitrogens with zero attached hydrogens (tertiary/aromatic N) is 4. The Labute approximate surface area is 191 Å². The third kappa shape index (κ3) is 5.51. The van der Waals surface area contributed by atoms with Gasteiger partial charge in [-0.05, 0) is 38.3 Å². The molecule has 6 nitrogen and oxygen atoms in total. The SMILES string of the molecule is CN=C(NCc1nccn1Cc1ccccc1)NC1CC2CCCC(C1)N2C.I. The molecule has 1 aromatic carbocycles. The molecule has 4 rings (SSSR count). The molecule has 2 N–H and O–H groups in total. The number of rotatable bonds is 5. The largest absolute Gasteiger partial charge is 0.354 e. The number of nitrogens with one attached hydrogen (secondary N) is 2. The predicted molar refractivity (Wildman–Crippen MR) is 129 cm³/mol. The van der Waals surface area contributed by atoms with Crippen molar-refractivity contribution in [2.24, 2.45) is 4.99 Å². The molecule has 2 bridgehead atoms. The van der Waals surface area contributed by atoms with Gasteiger partial charge in [0.05, 0.1) is 6.54 Å². The van der Waals surface area contributed by atoms with Gasteiger partial charge in [0.2, 0.25) is 0 Å². The number of hydrogen-bond acceptors (Lipinski definition) is 3. The van der Waals surface area contributed by atoms with Crippen LogP contribution in [0, 0.1) is 0 Å². The summed E-state index contributed by atoms with van der Waals surface area (Å²) in [5.41, 5.74) is 1.28. The van der Waals surface area contributed by atoms with Crippen LogP contribution in [0.1, 0.15) is 43.5 Å². The molecular weight excluding hydrogens is 475 g/mol. The predicted octanol–water partition coefficient (Wildman–Crippen LogP) is 3.23. The molecule has 2 fully saturated rings. The van der Waals surface area contributed by atoms with Crippen molar-refractivity contribution in [1.29, 1.82) is 0 Å². The Kier molecular flexibility index (Phi) is 7.94. The van der Waals surface area contributed by atoms with Gasteiger partial charge in [0.1, 0.15) is 5.82 Å². The highest BCUT2D eigenvalue weighted by Gasteiger charge is 2.36. The van der Waals surface area contributed by atoms with Gasteiger partial charge in [0, 0.05) is 44.1 Å². The number of guanidine groups is 1. The minimum atomic E-state index is 0. The average molecular weight is 508 g/mol. The monoisotopic (exact) mass is 508 g/mol. The average Bonchev–Trinajstić information content (AvgIpc) is 3.13. The lowest BCUT2D eigenvalue weighted by molar-refractivity contribution is 0.0526. The molecule has 0 radical (unpaired) electrons. The second kappa shape index (κ2) is 10.4. The van der Waals surface area contributed by atoms with Crippen molar-refractivity contribution in [3.8, 4) is 0 Å². The Morgan fingerprint density at radius 1 is 1.17 bits per heavy atom. The maximum atomic E-state index is 4.53. The van der Waals surface area contributed by atoms with Crippen molar-refractivity contribution < 1.29 is 0 Å². The summed E-state index contributed by atoms with van der Waals surface area (Å²) in [6.45, 7) is 1.50. The van der Waals surface area contributed by atoms with Crippen LogP contribution in [-0.4, -0.2) is 52.6 Å². The number of aromatic nitrogens is 2. The van der Waals surface area contributed by atoms with Crippen molar-refractivity contribution in [2.45, 2.75) is 63.3 Å². The van der Waals surface area contributed by atoms with Crippen LogP contribution in [0.2, 0.25) is 0 Å². The molecule has 3 heterocycles. The van der Waals surface area contributed by atoms with Gasteiger partial charge in [-0.3, -0.25) is 4.99 Å². The van der Waals surface area contributed by atoms with Crippen LogP contribution >= 0.6 is 24.0 Å². The van der Waals surface area contributed by atoms with E-state index in [-0.39, 0.29) is 24.0 Å². The molecule has 1 aromatic heterocycles. The van der Waals surface area contributed by atoms with E-state index >= 15 is 0 Å². The van der Waals surface area contributed by atoms with E-state index in [1.807, 2.05) is 25.5 Å². The standard InChI is InChI=1S/C22H32N6.HI/c1-23-22(26-18-13-19-9-6-10-20(14-18)27(19)2)25-15-21-24-11-12-28(21)16-17-7-4-3-5-8-17;/h3-5,7-8,11-12,18-20H,6,9-10,13-16H2,1-2H3,(H2,23,25,26);1H. The van der Waals surface area contributed by atoms with E-state index in [2.05, 4.69) is 61.4 Å². The Balaban J connectivity index is 0.00000240. The lowest BCUT2D eigenvalue weighted by Crippen LogP contribution is -2.56. The highest BCUT2D eigenvalue weighted by molar-refractivity contribution is 14.0. The fourth-order valence-corrected chi connectivity index (χ4v) is 4.72. The first-order valence-corrected chi connectivity index (χ1v) is 10.5. The number of imidazole rings is 1. The van der Waals surface area contributed by atoms with Gasteiger partial charge >= 0.3 is 0 Å². The molecule has 0 aliphatic carbocycles. The van der Waals surface area contributed by atoms with Crippen LogP contribution in [0.4, 0.5) is 0 Å². The van der Waals surface area contributed by atoms with Crippen molar-refractivity contribution in [2.75, 3.05) is 14.1 Å². The Bertz CT molecular complexity index is 776. The topological polar surface area (TPSA) is 57.5 Å². The van der Waals surface area contributed by atoms with Gasteiger partial charge in [-0.25, -0.2) is 4.98 Å². The molecule has 2 aliphatic rings. The van der Waals surface area contributed by atoms with E-state index in [0.717, 1.165) is 18.3 Å². The fraction of sp³-hybridized carbons (Fsp3) is 0.545. The number of fused-ring (bicyclic) bond motifs is 2. The van der Waals surface area contributed by atoms with Crippen LogP contribution in [-0.2, 0) is 13.1 Å². The Hall–Kier alpha value is -1.61. The summed E-state index contributed by atoms with van der Waals surface area (Å²) in [5, 5.41) is 7.13. The molecular formula is C22H33IN6. The molecule has 0 spiro atoms. The summed E-state index contributed by atoms with van der Waals surface area (Å²) in [5.74, 6) is 1.90. The van der Waals surface area contributed by atoms with Crippen molar-refractivity contribution in [3.63, 3.8) is 0 Å². The zero-order chi connectivity index (χ0) is 19.3. The van der Waals surface area contributed by atoms with Crippen LogP contribution in [0.25, 0.3) is 0 Å². The minimum Gasteiger partial charge on any atom is -0.354 e. The number of aliphatic imine (C=N–C) groups is 1. The highest BCUT2D eigenvalue weighted by atomic mass is 127. The van der Waals surface area contributed by atoms with Crippen LogP contribution in [0.3, 0.4) is 0 Å². The number of halogens is 1. The number of benzene rings is 1. The van der Waals surface area contributed by atoms with E-state index in [1.54, 1.807) is 0 Å². The smallest absolute Gasteiger partial charge is 0.191 e. The van der Waals surface area contributed by atoms with Crippen molar-refractivity contribution in [1.82, 2.24) is 25.1 Å². The first kappa shape index (κ1) is 22.1. The zero-order valence-corrected chi connectivity index (χ0v) is 19.8. The molecule has 2 saturated heterocycles. The maximum absolute atomic E-state index is 4.53. The molecule has 2 atom stereocenters. The van der Waals surface area contributed by atoms with E-state index in [0.29, 0.717) is 24.7 Å². The minimum absolute atomic E-state index is 0. The maximum Gasteiger partial charge on any atom is 0.191 e. The van der Waals surface area contributed by atoms with Gasteiger partial charge < -0.3 is 20.1 Å². The third-order valence-corrected chi connectivity index (χ3v) is 6.32. The summed E-state index contributed by atoms with van der Waals surface area (Å²) >= 11 is 0. The molecule has 2 aromatic rings. The van der Waals surface area contributed by atoms with E-state index < -0.39 is 0 Å². The summed E-state index contributed by atoms with van der Waals surface area (Å²) in [6, 6.07) is 12.4. The van der Waals surface area contributed by atoms with Crippen LogP contribution in [0.15, 0.2) is 47.7 Å². The molecule has 0 saturated carbocycles. The first-order valence-electron chi connectivity index (χ1n) is 10.5. The quantitative estimate of drug-likeness (QED) is 0.370. The summed E-state index contributed by atoms with van der Waals surface area (Å²) in [7, 11) is 4.14. The molecule has 7 heteroatoms. The molecule has 2 unspecified atom stereocenters. The van der Waals surface area contributed by atoms with Crippen molar-refractivity contribution in [3.05, 3.63) is 54.1 Å². The first-order chi connectivity index (χ1) is 13.7. The number of hydrogen-bond donors (Lipinski definition) is 2. The lowest BCUT2D eigenvalue weighted by atomic mass is 9.82. The third-order valence-electron chi connectivity index (χ3n) is 6.32. The van der Waals surface area contributed by atoms with E-state index in [9.17, 15) is 0 Å². The van der Waals surface area contributed by atoms with E-state index in [4.69, 9.17) is 0 Å². The summed E-state index contributed by atoms with van der Waals surface area (Å²) in [4.78, 5) is 11.6. The molecule has 0 amide bonds. The van der Waals surface area contributed by atoms with Crippen LogP contribution < -0.4 is 10.6 Å². The molecule has 2 aliphatic heterocycles. The van der Waals surface area contributed by atoms with Gasteiger partial charge in [-0.15, -0.1) is 24.0 Å². The van der Waals surface area contributed by atoms with Gasteiger partial charge in [0.25, 0.3) is 0 Å². The normalized spacial score (nSPS) is 24.6. The van der Waals surface area contributed by atoms with Gasteiger partial charge in [0.15, 0.2) is 5.96 Å². The Morgan fingerprint density at radius 3 is 2.59 bits per heavy atom. The number of piperidine rings is 2. The second-order valence-corrected chi connectivity index (χ2v) is 8.10. The summed E-state index contributed by atoms with van der Waals surface area (Å²) in [6.07, 6.45) is 10.4. The highest BCUT2D eigenvalue weighted by Crippen LogP contribution is 2.32. The van der Waals surface area contributed by atoms with E-state index in [1.165, 1.54) is 37.7 Å². The molecule has 29 heavy (non-hydrogen) atoms. The second-order valence-electron chi connectivity index (χ2n) is 8.10. The fourth-order valence-electron chi connectivity index (χ4n) is 4.72. The summed E-state index contributed by atoms with van der Waals surface area (Å²) < 4.78 is 2.19.